The number of aryl methyl sites for hydroxylation is 2. The van der Waals surface area contributed by atoms with Gasteiger partial charge in [0, 0.05) is 13.1 Å². The second-order valence-electron chi connectivity index (χ2n) is 4.81. The van der Waals surface area contributed by atoms with Crippen LogP contribution in [0.2, 0.25) is 0 Å². The molecule has 0 atom stereocenters. The third kappa shape index (κ3) is 4.88. The van der Waals surface area contributed by atoms with E-state index in [0.717, 1.165) is 19.5 Å². The number of rotatable bonds is 6. The molecule has 100 valence electrons. The van der Waals surface area contributed by atoms with Crippen molar-refractivity contribution in [3.8, 4) is 0 Å². The Hall–Kier alpha value is -1.35. The molecule has 0 saturated heterocycles. The number of esters is 1. The van der Waals surface area contributed by atoms with Gasteiger partial charge in [0.2, 0.25) is 0 Å². The molecule has 0 aromatic heterocycles. The Morgan fingerprint density at radius 3 is 2.61 bits per heavy atom. The van der Waals surface area contributed by atoms with Crippen molar-refractivity contribution in [2.24, 2.45) is 0 Å². The average Bonchev–Trinajstić information content (AvgIpc) is 2.34. The Morgan fingerprint density at radius 1 is 1.28 bits per heavy atom. The topological polar surface area (TPSA) is 29.5 Å². The molecule has 0 radical (unpaired) electrons. The van der Waals surface area contributed by atoms with Gasteiger partial charge in [-0.3, -0.25) is 4.79 Å². The molecule has 0 N–H and O–H groups in total. The first-order valence-corrected chi connectivity index (χ1v) is 6.34. The monoisotopic (exact) mass is 249 g/mol. The third-order valence-corrected chi connectivity index (χ3v) is 3.19. The highest BCUT2D eigenvalue weighted by Gasteiger charge is 2.05. The summed E-state index contributed by atoms with van der Waals surface area (Å²) in [4.78, 5) is 13.2. The van der Waals surface area contributed by atoms with Crippen LogP contribution in [-0.2, 0) is 16.0 Å². The molecule has 0 bridgehead atoms. The van der Waals surface area contributed by atoms with Crippen molar-refractivity contribution in [1.29, 1.82) is 0 Å². The Bertz CT molecular complexity index is 401. The number of benzene rings is 1. The highest BCUT2D eigenvalue weighted by atomic mass is 16.5. The summed E-state index contributed by atoms with van der Waals surface area (Å²) >= 11 is 0. The van der Waals surface area contributed by atoms with E-state index in [9.17, 15) is 4.79 Å². The number of likely N-dealkylation sites (N-methyl/N-ethyl adjacent to an activating group) is 1. The lowest BCUT2D eigenvalue weighted by Gasteiger charge is -2.16. The fourth-order valence-electron chi connectivity index (χ4n) is 1.93. The second kappa shape index (κ2) is 7.17. The van der Waals surface area contributed by atoms with Crippen LogP contribution in [0.1, 0.15) is 23.1 Å². The summed E-state index contributed by atoms with van der Waals surface area (Å²) in [5.41, 5.74) is 4.03. The van der Waals surface area contributed by atoms with E-state index in [1.54, 1.807) is 0 Å². The first kappa shape index (κ1) is 14.7. The van der Waals surface area contributed by atoms with Crippen molar-refractivity contribution in [3.05, 3.63) is 34.9 Å². The van der Waals surface area contributed by atoms with Gasteiger partial charge in [-0.2, -0.15) is 0 Å². The van der Waals surface area contributed by atoms with Gasteiger partial charge in [-0.15, -0.1) is 0 Å². The quantitative estimate of drug-likeness (QED) is 0.725. The molecule has 1 aromatic carbocycles. The molecule has 3 nitrogen and oxygen atoms in total. The normalized spacial score (nSPS) is 10.7. The number of carbonyl (C=O) groups excluding carboxylic acids is 1. The van der Waals surface area contributed by atoms with Gasteiger partial charge in [-0.25, -0.2) is 0 Å². The van der Waals surface area contributed by atoms with Crippen LogP contribution in [0, 0.1) is 13.8 Å². The molecule has 1 aromatic rings. The molecule has 0 amide bonds. The lowest BCUT2D eigenvalue weighted by Crippen LogP contribution is -2.24. The van der Waals surface area contributed by atoms with E-state index in [2.05, 4.69) is 41.7 Å². The molecule has 0 saturated carbocycles. The summed E-state index contributed by atoms with van der Waals surface area (Å²) in [6.45, 7) is 5.97. The molecule has 0 spiro atoms. The number of hydrogen-bond donors (Lipinski definition) is 0. The standard InChI is InChI=1S/C15H23NO2/c1-12-5-6-14(13(2)11-12)7-9-16(3)10-8-15(17)18-4/h5-6,11H,7-10H2,1-4H3. The predicted molar refractivity (Wildman–Crippen MR) is 73.8 cm³/mol. The lowest BCUT2D eigenvalue weighted by molar-refractivity contribution is -0.140. The molecule has 0 aliphatic rings. The van der Waals surface area contributed by atoms with Crippen LogP contribution in [-0.4, -0.2) is 38.1 Å². The number of ether oxygens (including phenoxy) is 1. The second-order valence-corrected chi connectivity index (χ2v) is 4.81. The van der Waals surface area contributed by atoms with Crippen LogP contribution >= 0.6 is 0 Å². The van der Waals surface area contributed by atoms with Crippen LogP contribution in [0.4, 0.5) is 0 Å². The van der Waals surface area contributed by atoms with Crippen molar-refractivity contribution in [2.75, 3.05) is 27.2 Å². The molecule has 0 aliphatic carbocycles. The van der Waals surface area contributed by atoms with Crippen LogP contribution in [0.3, 0.4) is 0 Å². The molecular formula is C15H23NO2. The van der Waals surface area contributed by atoms with Crippen molar-refractivity contribution >= 4 is 5.97 Å². The maximum Gasteiger partial charge on any atom is 0.306 e. The maximum absolute atomic E-state index is 11.0. The number of carbonyl (C=O) groups is 1. The highest BCUT2D eigenvalue weighted by molar-refractivity contribution is 5.69. The minimum absolute atomic E-state index is 0.145. The van der Waals surface area contributed by atoms with Crippen LogP contribution in [0.25, 0.3) is 0 Å². The molecular weight excluding hydrogens is 226 g/mol. The van der Waals surface area contributed by atoms with Gasteiger partial charge >= 0.3 is 5.97 Å². The molecule has 0 fully saturated rings. The van der Waals surface area contributed by atoms with Gasteiger partial charge in [0.25, 0.3) is 0 Å². The third-order valence-electron chi connectivity index (χ3n) is 3.19. The predicted octanol–water partition coefficient (Wildman–Crippen LogP) is 2.34. The van der Waals surface area contributed by atoms with Gasteiger partial charge in [0.1, 0.15) is 0 Å². The summed E-state index contributed by atoms with van der Waals surface area (Å²) in [5.74, 6) is -0.145. The molecule has 0 aliphatic heterocycles. The highest BCUT2D eigenvalue weighted by Crippen LogP contribution is 2.11. The van der Waals surface area contributed by atoms with Gasteiger partial charge in [-0.05, 0) is 38.4 Å². The Morgan fingerprint density at radius 2 is 2.00 bits per heavy atom. The van der Waals surface area contributed by atoms with Crippen LogP contribution in [0.15, 0.2) is 18.2 Å². The van der Waals surface area contributed by atoms with Crippen molar-refractivity contribution in [3.63, 3.8) is 0 Å². The summed E-state index contributed by atoms with van der Waals surface area (Å²) in [5, 5.41) is 0. The van der Waals surface area contributed by atoms with E-state index >= 15 is 0 Å². The van der Waals surface area contributed by atoms with E-state index in [-0.39, 0.29) is 5.97 Å². The zero-order valence-electron chi connectivity index (χ0n) is 11.8. The van der Waals surface area contributed by atoms with E-state index in [4.69, 9.17) is 0 Å². The first-order chi connectivity index (χ1) is 8.52. The Labute approximate surface area is 110 Å². The molecule has 3 heteroatoms. The Balaban J connectivity index is 2.38. The van der Waals surface area contributed by atoms with Crippen LogP contribution in [0.5, 0.6) is 0 Å². The van der Waals surface area contributed by atoms with Crippen molar-refractivity contribution in [2.45, 2.75) is 26.7 Å². The largest absolute Gasteiger partial charge is 0.469 e. The van der Waals surface area contributed by atoms with Gasteiger partial charge in [0.05, 0.1) is 13.5 Å². The minimum Gasteiger partial charge on any atom is -0.469 e. The molecule has 0 heterocycles. The zero-order chi connectivity index (χ0) is 13.5. The number of nitrogens with zero attached hydrogens (tertiary/aromatic N) is 1. The fourth-order valence-corrected chi connectivity index (χ4v) is 1.93. The fraction of sp³-hybridized carbons (Fsp3) is 0.533. The van der Waals surface area contributed by atoms with E-state index < -0.39 is 0 Å². The average molecular weight is 249 g/mol. The SMILES string of the molecule is COC(=O)CCN(C)CCc1ccc(C)cc1C. The lowest BCUT2D eigenvalue weighted by atomic mass is 10.0. The van der Waals surface area contributed by atoms with Gasteiger partial charge < -0.3 is 9.64 Å². The minimum atomic E-state index is -0.145. The summed E-state index contributed by atoms with van der Waals surface area (Å²) in [6.07, 6.45) is 1.48. The van der Waals surface area contributed by atoms with Crippen molar-refractivity contribution < 1.29 is 9.53 Å². The van der Waals surface area contributed by atoms with Gasteiger partial charge in [0.15, 0.2) is 0 Å². The molecule has 0 unspecified atom stereocenters. The number of hydrogen-bond acceptors (Lipinski definition) is 3. The van der Waals surface area contributed by atoms with E-state index in [1.165, 1.54) is 23.8 Å². The van der Waals surface area contributed by atoms with Crippen LogP contribution < -0.4 is 0 Å². The summed E-state index contributed by atoms with van der Waals surface area (Å²) in [6, 6.07) is 6.55. The van der Waals surface area contributed by atoms with E-state index in [1.807, 2.05) is 7.05 Å². The smallest absolute Gasteiger partial charge is 0.306 e. The zero-order valence-corrected chi connectivity index (χ0v) is 11.8. The van der Waals surface area contributed by atoms with Crippen molar-refractivity contribution in [1.82, 2.24) is 4.90 Å². The molecule has 1 rings (SSSR count). The summed E-state index contributed by atoms with van der Waals surface area (Å²) in [7, 11) is 3.46. The summed E-state index contributed by atoms with van der Waals surface area (Å²) < 4.78 is 4.63. The molecule has 18 heavy (non-hydrogen) atoms. The van der Waals surface area contributed by atoms with Gasteiger partial charge in [-0.1, -0.05) is 23.8 Å². The van der Waals surface area contributed by atoms with E-state index in [0.29, 0.717) is 6.42 Å². The first-order valence-electron chi connectivity index (χ1n) is 6.34. The number of methoxy groups -OCH3 is 1. The maximum atomic E-state index is 11.0. The Kier molecular flexibility index (Phi) is 5.86.